The molecule has 0 radical (unpaired) electrons. The Hall–Kier alpha value is -2.02. The summed E-state index contributed by atoms with van der Waals surface area (Å²) in [6.45, 7) is 6.13. The summed E-state index contributed by atoms with van der Waals surface area (Å²) in [5.74, 6) is 0. The first-order chi connectivity index (χ1) is 9.06. The second-order valence-electron chi connectivity index (χ2n) is 5.49. The smallest absolute Gasteiger partial charge is 0.0998 e. The Balaban J connectivity index is 2.27. The largest absolute Gasteiger partial charge is 0.496 e. The van der Waals surface area contributed by atoms with E-state index >= 15 is 0 Å². The van der Waals surface area contributed by atoms with Crippen LogP contribution in [-0.2, 0) is 4.74 Å². The van der Waals surface area contributed by atoms with E-state index in [0.29, 0.717) is 0 Å². The van der Waals surface area contributed by atoms with Gasteiger partial charge in [0.1, 0.15) is 0 Å². The minimum absolute atomic E-state index is 0.155. The topological polar surface area (TPSA) is 9.23 Å². The molecule has 0 spiro atoms. The molecule has 2 aromatic carbocycles. The van der Waals surface area contributed by atoms with Gasteiger partial charge in [-0.3, -0.25) is 0 Å². The van der Waals surface area contributed by atoms with Gasteiger partial charge in [0.05, 0.1) is 11.9 Å². The average molecular weight is 252 g/mol. The maximum Gasteiger partial charge on any atom is 0.0998 e. The molecule has 0 aliphatic rings. The van der Waals surface area contributed by atoms with Crippen molar-refractivity contribution in [2.75, 3.05) is 0 Å². The molecule has 0 aliphatic carbocycles. The molecule has 0 fully saturated rings. The molecule has 2 aromatic rings. The van der Waals surface area contributed by atoms with Crippen LogP contribution in [0.2, 0.25) is 0 Å². The molecule has 0 saturated carbocycles. The van der Waals surface area contributed by atoms with E-state index in [2.05, 4.69) is 42.5 Å². The average Bonchev–Trinajstić information content (AvgIpc) is 2.39. The lowest BCUT2D eigenvalue weighted by atomic mass is 10.00. The number of rotatable bonds is 3. The van der Waals surface area contributed by atoms with E-state index in [1.165, 1.54) is 11.1 Å². The van der Waals surface area contributed by atoms with E-state index in [4.69, 9.17) is 4.74 Å². The highest BCUT2D eigenvalue weighted by Crippen LogP contribution is 2.24. The minimum Gasteiger partial charge on any atom is -0.496 e. The fourth-order valence-electron chi connectivity index (χ4n) is 1.83. The minimum atomic E-state index is -0.155. The number of ether oxygens (including phenoxy) is 1. The van der Waals surface area contributed by atoms with Crippen molar-refractivity contribution in [2.45, 2.75) is 26.4 Å². The molecule has 0 N–H and O–H groups in total. The third kappa shape index (κ3) is 3.99. The summed E-state index contributed by atoms with van der Waals surface area (Å²) < 4.78 is 5.64. The van der Waals surface area contributed by atoms with E-state index in [9.17, 15) is 0 Å². The van der Waals surface area contributed by atoms with Crippen LogP contribution in [0.1, 0.15) is 26.3 Å². The van der Waals surface area contributed by atoms with Crippen LogP contribution in [0.3, 0.4) is 0 Å². The van der Waals surface area contributed by atoms with Crippen LogP contribution in [0.15, 0.2) is 60.9 Å². The maximum atomic E-state index is 5.64. The first kappa shape index (κ1) is 13.4. The SMILES string of the molecule is CC(C)(C)O/C=C\c1ccccc1-c1ccccc1. The molecule has 0 heterocycles. The third-order valence-corrected chi connectivity index (χ3v) is 2.71. The van der Waals surface area contributed by atoms with Crippen molar-refractivity contribution in [3.63, 3.8) is 0 Å². The quantitative estimate of drug-likeness (QED) is 0.687. The molecule has 1 heteroatoms. The summed E-state index contributed by atoms with van der Waals surface area (Å²) in [5, 5.41) is 0. The van der Waals surface area contributed by atoms with Crippen molar-refractivity contribution in [1.82, 2.24) is 0 Å². The van der Waals surface area contributed by atoms with Crippen LogP contribution in [-0.4, -0.2) is 5.60 Å². The summed E-state index contributed by atoms with van der Waals surface area (Å²) in [6, 6.07) is 18.7. The van der Waals surface area contributed by atoms with Crippen LogP contribution in [0, 0.1) is 0 Å². The lowest BCUT2D eigenvalue weighted by molar-refractivity contribution is 0.0783. The second-order valence-corrected chi connectivity index (χ2v) is 5.49. The molecule has 0 atom stereocenters. The zero-order valence-corrected chi connectivity index (χ0v) is 11.8. The Morgan fingerprint density at radius 3 is 2.16 bits per heavy atom. The molecule has 19 heavy (non-hydrogen) atoms. The van der Waals surface area contributed by atoms with Gasteiger partial charge < -0.3 is 4.74 Å². The van der Waals surface area contributed by atoms with Gasteiger partial charge in [0, 0.05) is 0 Å². The highest BCUT2D eigenvalue weighted by molar-refractivity contribution is 5.74. The van der Waals surface area contributed by atoms with E-state index in [0.717, 1.165) is 5.56 Å². The monoisotopic (exact) mass is 252 g/mol. The standard InChI is InChI=1S/C18H20O/c1-18(2,3)19-14-13-16-11-7-8-12-17(16)15-9-5-4-6-10-15/h4-14H,1-3H3/b14-13-. The summed E-state index contributed by atoms with van der Waals surface area (Å²) >= 11 is 0. The molecule has 1 nitrogen and oxygen atoms in total. The molecule has 2 rings (SSSR count). The van der Waals surface area contributed by atoms with Gasteiger partial charge in [0.15, 0.2) is 0 Å². The van der Waals surface area contributed by atoms with Crippen LogP contribution in [0.25, 0.3) is 17.2 Å². The zero-order chi connectivity index (χ0) is 13.7. The Labute approximate surface area is 115 Å². The van der Waals surface area contributed by atoms with Crippen LogP contribution in [0.4, 0.5) is 0 Å². The molecular formula is C18H20O. The van der Waals surface area contributed by atoms with Gasteiger partial charge in [0.2, 0.25) is 0 Å². The Morgan fingerprint density at radius 1 is 0.842 bits per heavy atom. The van der Waals surface area contributed by atoms with Gasteiger partial charge in [-0.2, -0.15) is 0 Å². The molecule has 98 valence electrons. The van der Waals surface area contributed by atoms with Gasteiger partial charge in [-0.05, 0) is 43.5 Å². The maximum absolute atomic E-state index is 5.64. The first-order valence-corrected chi connectivity index (χ1v) is 6.55. The molecule has 0 aliphatic heterocycles. The zero-order valence-electron chi connectivity index (χ0n) is 11.8. The Morgan fingerprint density at radius 2 is 1.47 bits per heavy atom. The third-order valence-electron chi connectivity index (χ3n) is 2.71. The predicted octanol–water partition coefficient (Wildman–Crippen LogP) is 5.14. The summed E-state index contributed by atoms with van der Waals surface area (Å²) in [6.07, 6.45) is 3.80. The highest BCUT2D eigenvalue weighted by Gasteiger charge is 2.07. The van der Waals surface area contributed by atoms with Gasteiger partial charge in [0.25, 0.3) is 0 Å². The van der Waals surface area contributed by atoms with Gasteiger partial charge in [-0.15, -0.1) is 0 Å². The lowest BCUT2D eigenvalue weighted by Crippen LogP contribution is -2.15. The van der Waals surface area contributed by atoms with Gasteiger partial charge in [-0.25, -0.2) is 0 Å². The summed E-state index contributed by atoms with van der Waals surface area (Å²) in [7, 11) is 0. The molecule has 0 saturated heterocycles. The molecule has 0 bridgehead atoms. The Kier molecular flexibility index (Phi) is 4.06. The molecule has 0 aromatic heterocycles. The summed E-state index contributed by atoms with van der Waals surface area (Å²) in [4.78, 5) is 0. The van der Waals surface area contributed by atoms with E-state index in [1.807, 2.05) is 39.0 Å². The summed E-state index contributed by atoms with van der Waals surface area (Å²) in [5.41, 5.74) is 3.45. The van der Waals surface area contributed by atoms with Gasteiger partial charge in [-0.1, -0.05) is 54.6 Å². The van der Waals surface area contributed by atoms with Crippen molar-refractivity contribution in [1.29, 1.82) is 0 Å². The molecule has 0 amide bonds. The van der Waals surface area contributed by atoms with Gasteiger partial charge >= 0.3 is 0 Å². The Bertz CT molecular complexity index is 547. The first-order valence-electron chi connectivity index (χ1n) is 6.55. The van der Waals surface area contributed by atoms with Crippen molar-refractivity contribution in [3.05, 3.63) is 66.4 Å². The van der Waals surface area contributed by atoms with E-state index in [1.54, 1.807) is 6.26 Å². The fraction of sp³-hybridized carbons (Fsp3) is 0.222. The second kappa shape index (κ2) is 5.75. The highest BCUT2D eigenvalue weighted by atomic mass is 16.5. The number of benzene rings is 2. The molecular weight excluding hydrogens is 232 g/mol. The van der Waals surface area contributed by atoms with Crippen molar-refractivity contribution >= 4 is 6.08 Å². The van der Waals surface area contributed by atoms with Crippen molar-refractivity contribution in [2.24, 2.45) is 0 Å². The molecule has 0 unspecified atom stereocenters. The number of hydrogen-bond acceptors (Lipinski definition) is 1. The predicted molar refractivity (Wildman–Crippen MR) is 81.8 cm³/mol. The van der Waals surface area contributed by atoms with Crippen LogP contribution >= 0.6 is 0 Å². The van der Waals surface area contributed by atoms with Crippen molar-refractivity contribution in [3.8, 4) is 11.1 Å². The van der Waals surface area contributed by atoms with E-state index in [-0.39, 0.29) is 5.60 Å². The number of hydrogen-bond donors (Lipinski definition) is 0. The fourth-order valence-corrected chi connectivity index (χ4v) is 1.83. The normalized spacial score (nSPS) is 11.7. The van der Waals surface area contributed by atoms with E-state index < -0.39 is 0 Å². The van der Waals surface area contributed by atoms with Crippen LogP contribution < -0.4 is 0 Å². The lowest BCUT2D eigenvalue weighted by Gasteiger charge is -2.17. The van der Waals surface area contributed by atoms with Crippen LogP contribution in [0.5, 0.6) is 0 Å². The van der Waals surface area contributed by atoms with Crippen molar-refractivity contribution < 1.29 is 4.74 Å².